The minimum atomic E-state index is 0.246. The molecule has 3 heterocycles. The van der Waals surface area contributed by atoms with Gasteiger partial charge in [0.1, 0.15) is 6.33 Å². The van der Waals surface area contributed by atoms with Crippen molar-refractivity contribution in [3.05, 3.63) is 18.7 Å². The molecule has 0 spiro atoms. The molecule has 2 aromatic heterocycles. The predicted molar refractivity (Wildman–Crippen MR) is 76.6 cm³/mol. The summed E-state index contributed by atoms with van der Waals surface area (Å²) in [6, 6.07) is 0.426. The van der Waals surface area contributed by atoms with E-state index in [0.717, 1.165) is 19.4 Å². The number of aromatic nitrogens is 5. The fourth-order valence-corrected chi connectivity index (χ4v) is 2.56. The first-order chi connectivity index (χ1) is 9.74. The van der Waals surface area contributed by atoms with E-state index in [4.69, 9.17) is 5.73 Å². The molecule has 0 aliphatic carbocycles. The Hall–Kier alpha value is -2.18. The molecule has 7 heteroatoms. The van der Waals surface area contributed by atoms with Gasteiger partial charge in [0.05, 0.1) is 0 Å². The van der Waals surface area contributed by atoms with Gasteiger partial charge >= 0.3 is 0 Å². The summed E-state index contributed by atoms with van der Waals surface area (Å²) in [7, 11) is 0. The second-order valence-corrected chi connectivity index (χ2v) is 5.16. The van der Waals surface area contributed by atoms with Crippen molar-refractivity contribution in [1.82, 2.24) is 24.5 Å². The van der Waals surface area contributed by atoms with E-state index in [1.165, 1.54) is 12.8 Å². The van der Waals surface area contributed by atoms with E-state index >= 15 is 0 Å². The van der Waals surface area contributed by atoms with Gasteiger partial charge in [0.25, 0.3) is 0 Å². The molecule has 1 aliphatic rings. The molecule has 2 N–H and O–H groups in total. The lowest BCUT2D eigenvalue weighted by molar-refractivity contribution is 0.603. The van der Waals surface area contributed by atoms with Crippen LogP contribution in [-0.4, -0.2) is 37.1 Å². The first-order valence-corrected chi connectivity index (χ1v) is 7.00. The van der Waals surface area contributed by atoms with E-state index in [2.05, 4.69) is 31.8 Å². The van der Waals surface area contributed by atoms with E-state index in [1.807, 2.05) is 0 Å². The number of hydrogen-bond donors (Lipinski definition) is 1. The van der Waals surface area contributed by atoms with Crippen molar-refractivity contribution in [1.29, 1.82) is 0 Å². The lowest BCUT2D eigenvalue weighted by Crippen LogP contribution is -2.34. The first kappa shape index (κ1) is 12.8. The third kappa shape index (κ3) is 2.56. The quantitative estimate of drug-likeness (QED) is 0.890. The van der Waals surface area contributed by atoms with Gasteiger partial charge in [-0.2, -0.15) is 15.0 Å². The Balaban J connectivity index is 1.96. The zero-order chi connectivity index (χ0) is 13.9. The molecule has 2 aromatic rings. The average molecular weight is 273 g/mol. The minimum absolute atomic E-state index is 0.246. The Morgan fingerprint density at radius 2 is 2.00 bits per heavy atom. The normalized spacial score (nSPS) is 19.9. The van der Waals surface area contributed by atoms with Crippen LogP contribution >= 0.6 is 0 Å². The van der Waals surface area contributed by atoms with E-state index < -0.39 is 0 Å². The van der Waals surface area contributed by atoms with Crippen molar-refractivity contribution >= 4 is 11.9 Å². The second kappa shape index (κ2) is 5.44. The van der Waals surface area contributed by atoms with E-state index in [9.17, 15) is 0 Å². The van der Waals surface area contributed by atoms with E-state index in [-0.39, 0.29) is 5.95 Å². The van der Waals surface area contributed by atoms with Gasteiger partial charge in [-0.15, -0.1) is 0 Å². The Morgan fingerprint density at radius 1 is 1.15 bits per heavy atom. The fraction of sp³-hybridized carbons (Fsp3) is 0.538. The van der Waals surface area contributed by atoms with Gasteiger partial charge in [0, 0.05) is 25.0 Å². The summed E-state index contributed by atoms with van der Waals surface area (Å²) in [5.41, 5.74) is 5.83. The van der Waals surface area contributed by atoms with E-state index in [1.54, 1.807) is 23.3 Å². The lowest BCUT2D eigenvalue weighted by Gasteiger charge is -2.27. The summed E-state index contributed by atoms with van der Waals surface area (Å²) in [6.45, 7) is 3.18. The van der Waals surface area contributed by atoms with Crippen LogP contribution in [0.25, 0.3) is 5.95 Å². The molecule has 1 aliphatic heterocycles. The largest absolute Gasteiger partial charge is 0.368 e. The summed E-state index contributed by atoms with van der Waals surface area (Å²) < 4.78 is 1.74. The molecule has 3 rings (SSSR count). The number of rotatable bonds is 2. The van der Waals surface area contributed by atoms with Crippen LogP contribution < -0.4 is 10.6 Å². The standard InChI is InChI=1S/C13H19N7/c1-10-5-3-2-4-7-20(10)13-17-11(14)16-12(18-13)19-8-6-15-9-19/h6,8-10H,2-5,7H2,1H3,(H2,14,16,17,18). The number of nitrogens with two attached hydrogens (primary N) is 1. The zero-order valence-corrected chi connectivity index (χ0v) is 11.6. The van der Waals surface area contributed by atoms with Crippen LogP contribution in [0.3, 0.4) is 0 Å². The molecule has 0 aromatic carbocycles. The summed E-state index contributed by atoms with van der Waals surface area (Å²) in [5, 5.41) is 0. The van der Waals surface area contributed by atoms with Crippen LogP contribution in [0.1, 0.15) is 32.6 Å². The average Bonchev–Trinajstić information content (AvgIpc) is 2.88. The highest BCUT2D eigenvalue weighted by atomic mass is 15.3. The monoisotopic (exact) mass is 273 g/mol. The summed E-state index contributed by atoms with van der Waals surface area (Å²) in [6.07, 6.45) is 9.98. The van der Waals surface area contributed by atoms with Crippen LogP contribution in [0.5, 0.6) is 0 Å². The van der Waals surface area contributed by atoms with Crippen LogP contribution in [-0.2, 0) is 0 Å². The van der Waals surface area contributed by atoms with Crippen molar-refractivity contribution in [2.24, 2.45) is 0 Å². The zero-order valence-electron chi connectivity index (χ0n) is 11.6. The summed E-state index contributed by atoms with van der Waals surface area (Å²) in [5.74, 6) is 1.42. The van der Waals surface area contributed by atoms with Crippen molar-refractivity contribution in [3.63, 3.8) is 0 Å². The molecule has 1 unspecified atom stereocenters. The number of anilines is 2. The maximum Gasteiger partial charge on any atom is 0.241 e. The minimum Gasteiger partial charge on any atom is -0.368 e. The molecule has 7 nitrogen and oxygen atoms in total. The van der Waals surface area contributed by atoms with Crippen molar-refractivity contribution in [2.45, 2.75) is 38.6 Å². The van der Waals surface area contributed by atoms with Gasteiger partial charge in [-0.1, -0.05) is 12.8 Å². The van der Waals surface area contributed by atoms with Crippen LogP contribution in [0.4, 0.5) is 11.9 Å². The third-order valence-corrected chi connectivity index (χ3v) is 3.67. The maximum atomic E-state index is 5.83. The van der Waals surface area contributed by atoms with Gasteiger partial charge < -0.3 is 10.6 Å². The third-order valence-electron chi connectivity index (χ3n) is 3.67. The molecule has 0 saturated carbocycles. The molecular formula is C13H19N7. The highest BCUT2D eigenvalue weighted by Crippen LogP contribution is 2.21. The highest BCUT2D eigenvalue weighted by Gasteiger charge is 2.21. The smallest absolute Gasteiger partial charge is 0.241 e. The van der Waals surface area contributed by atoms with Crippen molar-refractivity contribution in [2.75, 3.05) is 17.2 Å². The molecule has 1 atom stereocenters. The van der Waals surface area contributed by atoms with E-state index in [0.29, 0.717) is 17.9 Å². The molecule has 1 saturated heterocycles. The Labute approximate surface area is 117 Å². The van der Waals surface area contributed by atoms with Crippen LogP contribution in [0, 0.1) is 0 Å². The number of imidazole rings is 1. The predicted octanol–water partition coefficient (Wildman–Crippen LogP) is 1.41. The highest BCUT2D eigenvalue weighted by molar-refractivity contribution is 5.39. The van der Waals surface area contributed by atoms with Gasteiger partial charge in [0.2, 0.25) is 17.8 Å². The van der Waals surface area contributed by atoms with Crippen LogP contribution in [0.15, 0.2) is 18.7 Å². The molecule has 1 fully saturated rings. The summed E-state index contributed by atoms with van der Waals surface area (Å²) in [4.78, 5) is 19.3. The summed E-state index contributed by atoms with van der Waals surface area (Å²) >= 11 is 0. The van der Waals surface area contributed by atoms with Gasteiger partial charge in [0.15, 0.2) is 0 Å². The van der Waals surface area contributed by atoms with Gasteiger partial charge in [-0.25, -0.2) is 4.98 Å². The Kier molecular flexibility index (Phi) is 3.49. The SMILES string of the molecule is CC1CCCCCN1c1nc(N)nc(-n2ccnc2)n1. The Bertz CT molecular complexity index is 566. The molecule has 106 valence electrons. The van der Waals surface area contributed by atoms with Crippen LogP contribution in [0.2, 0.25) is 0 Å². The molecule has 0 radical (unpaired) electrons. The Morgan fingerprint density at radius 3 is 2.80 bits per heavy atom. The molecular weight excluding hydrogens is 254 g/mol. The number of hydrogen-bond acceptors (Lipinski definition) is 6. The molecule has 0 amide bonds. The van der Waals surface area contributed by atoms with Gasteiger partial charge in [-0.05, 0) is 19.8 Å². The second-order valence-electron chi connectivity index (χ2n) is 5.16. The van der Waals surface area contributed by atoms with Crippen molar-refractivity contribution < 1.29 is 0 Å². The number of nitrogen functional groups attached to an aromatic ring is 1. The molecule has 20 heavy (non-hydrogen) atoms. The first-order valence-electron chi connectivity index (χ1n) is 7.00. The topological polar surface area (TPSA) is 85.8 Å². The molecule has 0 bridgehead atoms. The number of nitrogens with zero attached hydrogens (tertiary/aromatic N) is 6. The maximum absolute atomic E-state index is 5.83. The van der Waals surface area contributed by atoms with Gasteiger partial charge in [-0.3, -0.25) is 4.57 Å². The van der Waals surface area contributed by atoms with Crippen molar-refractivity contribution in [3.8, 4) is 5.95 Å². The lowest BCUT2D eigenvalue weighted by atomic mass is 10.1. The fourth-order valence-electron chi connectivity index (χ4n) is 2.56.